The van der Waals surface area contributed by atoms with E-state index in [-0.39, 0.29) is 5.91 Å². The molecule has 0 aliphatic carbocycles. The van der Waals surface area contributed by atoms with Crippen molar-refractivity contribution in [2.75, 3.05) is 18.4 Å². The van der Waals surface area contributed by atoms with Crippen LogP contribution in [0.25, 0.3) is 0 Å². The molecule has 0 unspecified atom stereocenters. The van der Waals surface area contributed by atoms with Crippen molar-refractivity contribution in [2.45, 2.75) is 18.5 Å². The summed E-state index contributed by atoms with van der Waals surface area (Å²) in [5, 5.41) is 12.3. The molecule has 26 heavy (non-hydrogen) atoms. The molecule has 1 amide bonds. The maximum atomic E-state index is 12.7. The number of hydrogen-bond acceptors (Lipinski definition) is 6. The molecule has 130 valence electrons. The van der Waals surface area contributed by atoms with E-state index in [1.165, 1.54) is 0 Å². The molecule has 2 aromatic rings. The Kier molecular flexibility index (Phi) is 3.81. The number of nitrogens with zero attached hydrogens (tertiary/aromatic N) is 4. The summed E-state index contributed by atoms with van der Waals surface area (Å²) in [4.78, 5) is 23.3. The Hall–Kier alpha value is -3.40. The number of benzene rings is 1. The molecule has 1 spiro atoms. The number of amides is 1. The van der Waals surface area contributed by atoms with Crippen molar-refractivity contribution < 1.29 is 4.79 Å². The van der Waals surface area contributed by atoms with Crippen LogP contribution in [0.4, 0.5) is 5.69 Å². The van der Waals surface area contributed by atoms with E-state index in [0.29, 0.717) is 42.9 Å². The fourth-order valence-corrected chi connectivity index (χ4v) is 3.47. The van der Waals surface area contributed by atoms with Crippen molar-refractivity contribution in [3.63, 3.8) is 0 Å². The Morgan fingerprint density at radius 3 is 2.65 bits per heavy atom. The number of aliphatic imine (C=N–C) groups is 1. The van der Waals surface area contributed by atoms with Crippen LogP contribution in [0.2, 0.25) is 0 Å². The number of carbonyl (C=O) groups is 1. The van der Waals surface area contributed by atoms with Crippen LogP contribution >= 0.6 is 0 Å². The molecule has 1 saturated heterocycles. The van der Waals surface area contributed by atoms with Gasteiger partial charge >= 0.3 is 0 Å². The monoisotopic (exact) mass is 346 g/mol. The predicted molar refractivity (Wildman–Crippen MR) is 97.6 cm³/mol. The summed E-state index contributed by atoms with van der Waals surface area (Å²) in [5.41, 5.74) is 8.54. The number of carbonyl (C=O) groups excluding carboxylic acids is 1. The highest BCUT2D eigenvalue weighted by molar-refractivity contribution is 6.04. The van der Waals surface area contributed by atoms with Gasteiger partial charge in [-0.3, -0.25) is 9.78 Å². The minimum atomic E-state index is -0.485. The van der Waals surface area contributed by atoms with Crippen LogP contribution in [-0.2, 0) is 0 Å². The SMILES string of the molecule is N#Cc1ccc(C(=O)N2CCC3(CC2)N=C(N)c2ccncc2N3)cc1. The normalized spacial score (nSPS) is 17.7. The van der Waals surface area contributed by atoms with Gasteiger partial charge in [-0.05, 0) is 30.3 Å². The number of pyridine rings is 1. The molecule has 2 aliphatic rings. The van der Waals surface area contributed by atoms with E-state index in [1.54, 1.807) is 36.7 Å². The fraction of sp³-hybridized carbons (Fsp3) is 0.263. The van der Waals surface area contributed by atoms with Crippen LogP contribution in [0.1, 0.15) is 34.3 Å². The van der Waals surface area contributed by atoms with Crippen molar-refractivity contribution in [3.05, 3.63) is 59.4 Å². The Bertz CT molecular complexity index is 920. The summed E-state index contributed by atoms with van der Waals surface area (Å²) in [5.74, 6) is 0.479. The van der Waals surface area contributed by atoms with Crippen LogP contribution < -0.4 is 11.1 Å². The van der Waals surface area contributed by atoms with E-state index in [9.17, 15) is 4.79 Å². The number of aromatic nitrogens is 1. The van der Waals surface area contributed by atoms with Crippen LogP contribution in [0.3, 0.4) is 0 Å². The van der Waals surface area contributed by atoms with Gasteiger partial charge in [0.15, 0.2) is 0 Å². The van der Waals surface area contributed by atoms with E-state index in [0.717, 1.165) is 11.3 Å². The molecule has 7 heteroatoms. The standard InChI is InChI=1S/C19H18N6O/c20-11-13-1-3-14(4-2-13)18(26)25-9-6-19(7-10-25)23-16-12-22-8-5-15(16)17(21)24-19/h1-5,8,12,23H,6-7,9-10H2,(H2,21,24). The van der Waals surface area contributed by atoms with Crippen molar-refractivity contribution in [1.29, 1.82) is 5.26 Å². The van der Waals surface area contributed by atoms with Gasteiger partial charge in [-0.25, -0.2) is 4.99 Å². The summed E-state index contributed by atoms with van der Waals surface area (Å²) in [7, 11) is 0. The molecule has 0 bridgehead atoms. The van der Waals surface area contributed by atoms with Crippen molar-refractivity contribution in [1.82, 2.24) is 9.88 Å². The van der Waals surface area contributed by atoms with Crippen LogP contribution in [0.5, 0.6) is 0 Å². The highest BCUT2D eigenvalue weighted by atomic mass is 16.2. The summed E-state index contributed by atoms with van der Waals surface area (Å²) < 4.78 is 0. The molecule has 0 radical (unpaired) electrons. The second-order valence-corrected chi connectivity index (χ2v) is 6.56. The van der Waals surface area contributed by atoms with Gasteiger partial charge in [0.2, 0.25) is 0 Å². The molecule has 0 atom stereocenters. The van der Waals surface area contributed by atoms with Crippen LogP contribution in [0, 0.1) is 11.3 Å². The van der Waals surface area contributed by atoms with E-state index in [4.69, 9.17) is 11.0 Å². The van der Waals surface area contributed by atoms with Crippen LogP contribution in [-0.4, -0.2) is 40.4 Å². The van der Waals surface area contributed by atoms with Crippen molar-refractivity contribution in [3.8, 4) is 6.07 Å². The molecule has 1 aromatic heterocycles. The third-order valence-electron chi connectivity index (χ3n) is 4.94. The second-order valence-electron chi connectivity index (χ2n) is 6.56. The zero-order valence-corrected chi connectivity index (χ0v) is 14.1. The molecule has 1 fully saturated rings. The predicted octanol–water partition coefficient (Wildman–Crippen LogP) is 1.72. The Morgan fingerprint density at radius 2 is 1.96 bits per heavy atom. The van der Waals surface area contributed by atoms with Gasteiger partial charge in [-0.15, -0.1) is 0 Å². The van der Waals surface area contributed by atoms with Gasteiger partial charge in [0.05, 0.1) is 23.5 Å². The Labute approximate surface area is 151 Å². The lowest BCUT2D eigenvalue weighted by Gasteiger charge is -2.42. The van der Waals surface area contributed by atoms with E-state index < -0.39 is 5.66 Å². The highest BCUT2D eigenvalue weighted by Gasteiger charge is 2.38. The largest absolute Gasteiger partial charge is 0.383 e. The number of nitrogens with two attached hydrogens (primary N) is 1. The van der Waals surface area contributed by atoms with Gasteiger partial charge in [-0.1, -0.05) is 0 Å². The first-order valence-electron chi connectivity index (χ1n) is 8.48. The summed E-state index contributed by atoms with van der Waals surface area (Å²) >= 11 is 0. The number of anilines is 1. The van der Waals surface area contributed by atoms with Gasteiger partial charge in [0.25, 0.3) is 5.91 Å². The topological polar surface area (TPSA) is 107 Å². The first-order chi connectivity index (χ1) is 12.6. The van der Waals surface area contributed by atoms with Gasteiger partial charge in [0, 0.05) is 43.3 Å². The number of hydrogen-bond donors (Lipinski definition) is 2. The average Bonchev–Trinajstić information content (AvgIpc) is 2.68. The Balaban J connectivity index is 1.48. The van der Waals surface area contributed by atoms with Crippen molar-refractivity contribution >= 4 is 17.4 Å². The van der Waals surface area contributed by atoms with Gasteiger partial charge in [0.1, 0.15) is 11.5 Å². The third kappa shape index (κ3) is 2.75. The van der Waals surface area contributed by atoms with E-state index >= 15 is 0 Å². The Morgan fingerprint density at radius 1 is 1.23 bits per heavy atom. The molecule has 3 heterocycles. The third-order valence-corrected chi connectivity index (χ3v) is 4.94. The van der Waals surface area contributed by atoms with Crippen LogP contribution in [0.15, 0.2) is 47.7 Å². The summed E-state index contributed by atoms with van der Waals surface area (Å²) in [6, 6.07) is 10.6. The summed E-state index contributed by atoms with van der Waals surface area (Å²) in [6.45, 7) is 1.16. The average molecular weight is 346 g/mol. The lowest BCUT2D eigenvalue weighted by Crippen LogP contribution is -2.52. The van der Waals surface area contributed by atoms with E-state index in [1.807, 2.05) is 11.0 Å². The molecule has 4 rings (SSSR count). The number of likely N-dealkylation sites (tertiary alicyclic amines) is 1. The lowest BCUT2D eigenvalue weighted by molar-refractivity contribution is 0.0685. The zero-order chi connectivity index (χ0) is 18.1. The first kappa shape index (κ1) is 16.1. The van der Waals surface area contributed by atoms with Crippen molar-refractivity contribution in [2.24, 2.45) is 10.7 Å². The molecule has 3 N–H and O–H groups in total. The number of nitriles is 1. The highest BCUT2D eigenvalue weighted by Crippen LogP contribution is 2.33. The minimum absolute atomic E-state index is 0.0285. The minimum Gasteiger partial charge on any atom is -0.383 e. The number of nitrogens with one attached hydrogen (secondary N) is 1. The summed E-state index contributed by atoms with van der Waals surface area (Å²) in [6.07, 6.45) is 4.79. The number of piperidine rings is 1. The fourth-order valence-electron chi connectivity index (χ4n) is 3.47. The second kappa shape index (κ2) is 6.15. The smallest absolute Gasteiger partial charge is 0.253 e. The van der Waals surface area contributed by atoms with Gasteiger partial charge in [-0.2, -0.15) is 5.26 Å². The quantitative estimate of drug-likeness (QED) is 0.817. The molecule has 1 aromatic carbocycles. The number of amidine groups is 1. The molecule has 7 nitrogen and oxygen atoms in total. The first-order valence-corrected chi connectivity index (χ1v) is 8.48. The molecule has 2 aliphatic heterocycles. The number of rotatable bonds is 1. The number of fused-ring (bicyclic) bond motifs is 1. The molecular formula is C19H18N6O. The molecule has 0 saturated carbocycles. The zero-order valence-electron chi connectivity index (χ0n) is 14.1. The van der Waals surface area contributed by atoms with E-state index in [2.05, 4.69) is 21.4 Å². The lowest BCUT2D eigenvalue weighted by atomic mass is 9.93. The maximum absolute atomic E-state index is 12.7. The maximum Gasteiger partial charge on any atom is 0.253 e. The molecular weight excluding hydrogens is 328 g/mol. The van der Waals surface area contributed by atoms with Gasteiger partial charge < -0.3 is 16.0 Å².